The summed E-state index contributed by atoms with van der Waals surface area (Å²) in [7, 11) is 0. The lowest BCUT2D eigenvalue weighted by atomic mass is 10.2. The number of benzene rings is 1. The molecule has 3 aliphatic heterocycles. The van der Waals surface area contributed by atoms with Crippen LogP contribution in [0.1, 0.15) is 12.8 Å². The first kappa shape index (κ1) is 21.9. The molecular formula is C21H29N5O4S. The molecule has 0 aromatic heterocycles. The Morgan fingerprint density at radius 3 is 2.29 bits per heavy atom. The van der Waals surface area contributed by atoms with Crippen molar-refractivity contribution < 1.29 is 14.5 Å². The van der Waals surface area contributed by atoms with Gasteiger partial charge in [0.2, 0.25) is 11.8 Å². The summed E-state index contributed by atoms with van der Waals surface area (Å²) in [6.07, 6.45) is 1.80. The molecule has 3 heterocycles. The number of hydrogen-bond donors (Lipinski definition) is 0. The number of amides is 2. The topological polar surface area (TPSA) is 90.2 Å². The second kappa shape index (κ2) is 9.86. The van der Waals surface area contributed by atoms with Crippen LogP contribution in [0.2, 0.25) is 0 Å². The average Bonchev–Trinajstić information content (AvgIpc) is 3.27. The van der Waals surface area contributed by atoms with Crippen LogP contribution in [0.25, 0.3) is 0 Å². The molecule has 1 atom stereocenters. The summed E-state index contributed by atoms with van der Waals surface area (Å²) in [4.78, 5) is 44.3. The Kier molecular flexibility index (Phi) is 6.96. The molecular weight excluding hydrogens is 418 g/mol. The SMILES string of the molecule is O=C(CN1CCCC1C(=O)N1CCSCC1)N1CCN(c2ccc([N+](=O)[O-])cc2)CC1. The Labute approximate surface area is 186 Å². The quantitative estimate of drug-likeness (QED) is 0.496. The minimum absolute atomic E-state index is 0.0792. The highest BCUT2D eigenvalue weighted by Gasteiger charge is 2.36. The van der Waals surface area contributed by atoms with E-state index in [9.17, 15) is 19.7 Å². The van der Waals surface area contributed by atoms with E-state index < -0.39 is 4.92 Å². The molecule has 0 saturated carbocycles. The van der Waals surface area contributed by atoms with Crippen LogP contribution in [0.15, 0.2) is 24.3 Å². The molecule has 0 spiro atoms. The van der Waals surface area contributed by atoms with Crippen molar-refractivity contribution in [1.29, 1.82) is 0 Å². The highest BCUT2D eigenvalue weighted by molar-refractivity contribution is 7.99. The van der Waals surface area contributed by atoms with Gasteiger partial charge in [0.25, 0.3) is 5.69 Å². The number of thioether (sulfide) groups is 1. The van der Waals surface area contributed by atoms with Crippen molar-refractivity contribution >= 4 is 35.0 Å². The largest absolute Gasteiger partial charge is 0.368 e. The Hall–Kier alpha value is -2.33. The summed E-state index contributed by atoms with van der Waals surface area (Å²) in [5.41, 5.74) is 1.01. The Morgan fingerprint density at radius 2 is 1.65 bits per heavy atom. The molecule has 0 bridgehead atoms. The summed E-state index contributed by atoms with van der Waals surface area (Å²) >= 11 is 1.89. The van der Waals surface area contributed by atoms with Crippen LogP contribution in [0.4, 0.5) is 11.4 Å². The summed E-state index contributed by atoms with van der Waals surface area (Å²) in [5.74, 6) is 2.26. The fraction of sp³-hybridized carbons (Fsp3) is 0.619. The van der Waals surface area contributed by atoms with Crippen LogP contribution in [-0.4, -0.2) is 101 Å². The Bertz CT molecular complexity index is 806. The predicted molar refractivity (Wildman–Crippen MR) is 120 cm³/mol. The zero-order valence-corrected chi connectivity index (χ0v) is 18.5. The molecule has 1 unspecified atom stereocenters. The van der Waals surface area contributed by atoms with Gasteiger partial charge in [0.15, 0.2) is 0 Å². The smallest absolute Gasteiger partial charge is 0.269 e. The number of nitro benzene ring substituents is 1. The van der Waals surface area contributed by atoms with Crippen molar-refractivity contribution in [3.05, 3.63) is 34.4 Å². The summed E-state index contributed by atoms with van der Waals surface area (Å²) in [6.45, 7) is 5.34. The van der Waals surface area contributed by atoms with Crippen molar-refractivity contribution in [3.8, 4) is 0 Å². The molecule has 2 amide bonds. The molecule has 3 aliphatic rings. The molecule has 0 aliphatic carbocycles. The lowest BCUT2D eigenvalue weighted by molar-refractivity contribution is -0.384. The van der Waals surface area contributed by atoms with Gasteiger partial charge >= 0.3 is 0 Å². The number of nitrogens with zero attached hydrogens (tertiary/aromatic N) is 5. The van der Waals surface area contributed by atoms with E-state index in [1.807, 2.05) is 21.6 Å². The molecule has 1 aromatic rings. The first-order chi connectivity index (χ1) is 15.0. The highest BCUT2D eigenvalue weighted by Crippen LogP contribution is 2.23. The predicted octanol–water partition coefficient (Wildman–Crippen LogP) is 1.28. The third-order valence-corrected chi connectivity index (χ3v) is 7.31. The minimum atomic E-state index is -0.402. The number of carbonyl (C=O) groups excluding carboxylic acids is 2. The molecule has 3 fully saturated rings. The number of rotatable bonds is 5. The normalized spacial score (nSPS) is 22.6. The van der Waals surface area contributed by atoms with Gasteiger partial charge in [0.1, 0.15) is 0 Å². The number of non-ortho nitro benzene ring substituents is 1. The molecule has 3 saturated heterocycles. The summed E-state index contributed by atoms with van der Waals surface area (Å²) in [6, 6.07) is 6.38. The van der Waals surface area contributed by atoms with Crippen LogP contribution >= 0.6 is 11.8 Å². The van der Waals surface area contributed by atoms with Crippen molar-refractivity contribution in [2.45, 2.75) is 18.9 Å². The van der Waals surface area contributed by atoms with Crippen molar-refractivity contribution in [2.24, 2.45) is 0 Å². The molecule has 10 heteroatoms. The zero-order chi connectivity index (χ0) is 21.8. The number of nitro groups is 1. The third kappa shape index (κ3) is 5.12. The number of likely N-dealkylation sites (tertiary alicyclic amines) is 1. The van der Waals surface area contributed by atoms with E-state index in [0.717, 1.165) is 49.7 Å². The van der Waals surface area contributed by atoms with Crippen molar-refractivity contribution in [1.82, 2.24) is 14.7 Å². The van der Waals surface area contributed by atoms with Crippen molar-refractivity contribution in [2.75, 3.05) is 68.8 Å². The number of piperazine rings is 1. The standard InChI is InChI=1S/C21H29N5O4S/c27-20(16-25-7-1-2-19(25)21(28)24-12-14-31-15-13-24)23-10-8-22(9-11-23)17-3-5-18(6-4-17)26(29)30/h3-6,19H,1-2,7-16H2. The van der Waals surface area contributed by atoms with Crippen LogP contribution in [-0.2, 0) is 9.59 Å². The average molecular weight is 448 g/mol. The van der Waals surface area contributed by atoms with Crippen LogP contribution in [0, 0.1) is 10.1 Å². The lowest BCUT2D eigenvalue weighted by Crippen LogP contribution is -2.54. The molecule has 1 aromatic carbocycles. The molecule has 168 valence electrons. The summed E-state index contributed by atoms with van der Waals surface area (Å²) < 4.78 is 0. The number of carbonyl (C=O) groups is 2. The molecule has 0 N–H and O–H groups in total. The van der Waals surface area contributed by atoms with Crippen molar-refractivity contribution in [3.63, 3.8) is 0 Å². The summed E-state index contributed by atoms with van der Waals surface area (Å²) in [5, 5.41) is 10.8. The first-order valence-electron chi connectivity index (χ1n) is 10.9. The van der Waals surface area contributed by atoms with Gasteiger partial charge in [-0.3, -0.25) is 24.6 Å². The van der Waals surface area contributed by atoms with E-state index in [2.05, 4.69) is 9.80 Å². The maximum atomic E-state index is 12.9. The lowest BCUT2D eigenvalue weighted by Gasteiger charge is -2.37. The van der Waals surface area contributed by atoms with E-state index in [1.165, 1.54) is 12.1 Å². The fourth-order valence-electron chi connectivity index (χ4n) is 4.56. The highest BCUT2D eigenvalue weighted by atomic mass is 32.2. The van der Waals surface area contributed by atoms with E-state index in [0.29, 0.717) is 32.7 Å². The van der Waals surface area contributed by atoms with E-state index >= 15 is 0 Å². The second-order valence-corrected chi connectivity index (χ2v) is 9.43. The minimum Gasteiger partial charge on any atom is -0.368 e. The maximum Gasteiger partial charge on any atom is 0.269 e. The van der Waals surface area contributed by atoms with Gasteiger partial charge in [-0.15, -0.1) is 0 Å². The first-order valence-corrected chi connectivity index (χ1v) is 12.1. The van der Waals surface area contributed by atoms with Gasteiger partial charge in [-0.25, -0.2) is 0 Å². The molecule has 0 radical (unpaired) electrons. The second-order valence-electron chi connectivity index (χ2n) is 8.21. The van der Waals surface area contributed by atoms with E-state index in [4.69, 9.17) is 0 Å². The van der Waals surface area contributed by atoms with Crippen LogP contribution < -0.4 is 4.90 Å². The zero-order valence-electron chi connectivity index (χ0n) is 17.6. The maximum absolute atomic E-state index is 12.9. The van der Waals surface area contributed by atoms with Gasteiger partial charge in [-0.05, 0) is 31.5 Å². The Morgan fingerprint density at radius 1 is 0.968 bits per heavy atom. The Balaban J connectivity index is 1.28. The van der Waals surface area contributed by atoms with Gasteiger partial charge in [0, 0.05) is 68.6 Å². The van der Waals surface area contributed by atoms with Crippen LogP contribution in [0.5, 0.6) is 0 Å². The fourth-order valence-corrected chi connectivity index (χ4v) is 5.47. The van der Waals surface area contributed by atoms with Crippen LogP contribution in [0.3, 0.4) is 0 Å². The number of anilines is 1. The third-order valence-electron chi connectivity index (χ3n) is 6.37. The molecule has 9 nitrogen and oxygen atoms in total. The molecule has 4 rings (SSSR count). The van der Waals surface area contributed by atoms with E-state index in [1.54, 1.807) is 12.1 Å². The monoisotopic (exact) mass is 447 g/mol. The van der Waals surface area contributed by atoms with Gasteiger partial charge in [-0.2, -0.15) is 11.8 Å². The van der Waals surface area contributed by atoms with E-state index in [-0.39, 0.29) is 23.5 Å². The van der Waals surface area contributed by atoms with Gasteiger partial charge in [-0.1, -0.05) is 0 Å². The number of hydrogen-bond acceptors (Lipinski definition) is 7. The van der Waals surface area contributed by atoms with Gasteiger partial charge < -0.3 is 14.7 Å². The van der Waals surface area contributed by atoms with Gasteiger partial charge in [0.05, 0.1) is 17.5 Å². The molecule has 31 heavy (non-hydrogen) atoms.